The van der Waals surface area contributed by atoms with Crippen LogP contribution in [0, 0.1) is 0 Å². The number of ether oxygens (including phenoxy) is 2. The van der Waals surface area contributed by atoms with E-state index in [2.05, 4.69) is 10.5 Å². The Morgan fingerprint density at radius 2 is 1.76 bits per heavy atom. The summed E-state index contributed by atoms with van der Waals surface area (Å²) < 4.78 is 10.8. The molecule has 0 radical (unpaired) electrons. The Morgan fingerprint density at radius 3 is 2.41 bits per heavy atom. The predicted octanol–water partition coefficient (Wildman–Crippen LogP) is 4.54. The van der Waals surface area contributed by atoms with Crippen LogP contribution in [0.15, 0.2) is 71.1 Å². The minimum atomic E-state index is -0.729. The van der Waals surface area contributed by atoms with Crippen LogP contribution in [0.2, 0.25) is 5.02 Å². The average Bonchev–Trinajstić information content (AvgIpc) is 3.26. The normalized spacial score (nSPS) is 11.8. The van der Waals surface area contributed by atoms with Crippen molar-refractivity contribution in [2.24, 2.45) is 5.10 Å². The van der Waals surface area contributed by atoms with Gasteiger partial charge in [0, 0.05) is 5.02 Å². The van der Waals surface area contributed by atoms with Crippen LogP contribution in [0.3, 0.4) is 0 Å². The highest BCUT2D eigenvalue weighted by molar-refractivity contribution is 7.12. The highest BCUT2D eigenvalue weighted by Crippen LogP contribution is 2.17. The summed E-state index contributed by atoms with van der Waals surface area (Å²) in [4.78, 5) is 24.5. The van der Waals surface area contributed by atoms with Crippen LogP contribution >= 0.6 is 22.9 Å². The minimum absolute atomic E-state index is 0.391. The lowest BCUT2D eigenvalue weighted by molar-refractivity contribution is -0.127. The van der Waals surface area contributed by atoms with Crippen molar-refractivity contribution in [3.05, 3.63) is 81.5 Å². The van der Waals surface area contributed by atoms with Gasteiger partial charge in [0.15, 0.2) is 6.10 Å². The number of esters is 1. The third kappa shape index (κ3) is 6.17. The van der Waals surface area contributed by atoms with Gasteiger partial charge < -0.3 is 9.47 Å². The summed E-state index contributed by atoms with van der Waals surface area (Å²) in [7, 11) is 0. The largest absolute Gasteiger partial charge is 0.481 e. The lowest BCUT2D eigenvalue weighted by Crippen LogP contribution is -2.33. The maximum absolute atomic E-state index is 12.1. The molecule has 2 aromatic carbocycles. The second-order valence-electron chi connectivity index (χ2n) is 5.88. The van der Waals surface area contributed by atoms with Crippen molar-refractivity contribution >= 4 is 41.0 Å². The lowest BCUT2D eigenvalue weighted by Gasteiger charge is -2.12. The maximum atomic E-state index is 12.1. The van der Waals surface area contributed by atoms with E-state index >= 15 is 0 Å². The molecule has 1 unspecified atom stereocenters. The van der Waals surface area contributed by atoms with Crippen molar-refractivity contribution in [3.8, 4) is 11.5 Å². The van der Waals surface area contributed by atoms with E-state index < -0.39 is 18.0 Å². The van der Waals surface area contributed by atoms with Gasteiger partial charge in [0.25, 0.3) is 5.91 Å². The van der Waals surface area contributed by atoms with Crippen molar-refractivity contribution < 1.29 is 19.1 Å². The standard InChI is InChI=1S/C21H17ClN2O4S/c1-14(27-17-10-6-16(22)7-11-17)20(25)24-23-13-15-4-8-18(9-5-15)28-21(26)19-3-2-12-29-19/h2-14H,1H3,(H,24,25)/b23-13+. The molecule has 1 aromatic heterocycles. The predicted molar refractivity (Wildman–Crippen MR) is 113 cm³/mol. The number of carbonyl (C=O) groups excluding carboxylic acids is 2. The number of amides is 1. The number of rotatable bonds is 7. The van der Waals surface area contributed by atoms with Gasteiger partial charge in [0.2, 0.25) is 0 Å². The van der Waals surface area contributed by atoms with E-state index in [4.69, 9.17) is 21.1 Å². The monoisotopic (exact) mass is 428 g/mol. The third-order valence-electron chi connectivity index (χ3n) is 3.70. The van der Waals surface area contributed by atoms with Crippen LogP contribution < -0.4 is 14.9 Å². The highest BCUT2D eigenvalue weighted by atomic mass is 35.5. The maximum Gasteiger partial charge on any atom is 0.353 e. The fraction of sp³-hybridized carbons (Fsp3) is 0.0952. The number of hydrazone groups is 1. The highest BCUT2D eigenvalue weighted by Gasteiger charge is 2.14. The number of thiophene rings is 1. The second kappa shape index (κ2) is 9.86. The topological polar surface area (TPSA) is 77.0 Å². The first kappa shape index (κ1) is 20.6. The molecule has 3 rings (SSSR count). The zero-order chi connectivity index (χ0) is 20.6. The van der Waals surface area contributed by atoms with Crippen LogP contribution in [-0.2, 0) is 4.79 Å². The number of benzene rings is 2. The van der Waals surface area contributed by atoms with E-state index in [0.29, 0.717) is 21.4 Å². The molecule has 0 bridgehead atoms. The third-order valence-corrected chi connectivity index (χ3v) is 4.80. The smallest absolute Gasteiger partial charge is 0.353 e. The molecule has 0 aliphatic carbocycles. The number of carbonyl (C=O) groups is 2. The molecule has 0 aliphatic heterocycles. The van der Waals surface area contributed by atoms with E-state index in [-0.39, 0.29) is 0 Å². The van der Waals surface area contributed by atoms with Crippen LogP contribution in [0.25, 0.3) is 0 Å². The SMILES string of the molecule is CC(Oc1ccc(Cl)cc1)C(=O)N/N=C/c1ccc(OC(=O)c2cccs2)cc1. The van der Waals surface area contributed by atoms with Gasteiger partial charge >= 0.3 is 5.97 Å². The Balaban J connectivity index is 1.48. The molecule has 0 saturated heterocycles. The molecule has 0 aliphatic rings. The summed E-state index contributed by atoms with van der Waals surface area (Å²) in [5.41, 5.74) is 3.15. The quantitative estimate of drug-likeness (QED) is 0.259. The summed E-state index contributed by atoms with van der Waals surface area (Å²) in [5.74, 6) is 0.171. The first-order chi connectivity index (χ1) is 14.0. The second-order valence-corrected chi connectivity index (χ2v) is 7.27. The van der Waals surface area contributed by atoms with E-state index in [9.17, 15) is 9.59 Å². The summed E-state index contributed by atoms with van der Waals surface area (Å²) in [5, 5.41) is 6.32. The van der Waals surface area contributed by atoms with Crippen molar-refractivity contribution in [2.45, 2.75) is 13.0 Å². The fourth-order valence-electron chi connectivity index (χ4n) is 2.21. The molecule has 0 saturated carbocycles. The molecule has 1 N–H and O–H groups in total. The molecule has 1 heterocycles. The zero-order valence-electron chi connectivity index (χ0n) is 15.4. The number of nitrogens with zero attached hydrogens (tertiary/aromatic N) is 1. The van der Waals surface area contributed by atoms with Gasteiger partial charge in [0.1, 0.15) is 16.4 Å². The van der Waals surface area contributed by atoms with E-state index in [1.165, 1.54) is 17.6 Å². The number of nitrogens with one attached hydrogen (secondary N) is 1. The van der Waals surface area contributed by atoms with Gasteiger partial charge in [-0.05, 0) is 72.5 Å². The van der Waals surface area contributed by atoms with Gasteiger partial charge in [-0.2, -0.15) is 5.10 Å². The summed E-state index contributed by atoms with van der Waals surface area (Å²) in [6.07, 6.45) is 0.755. The molecule has 148 valence electrons. The molecule has 1 atom stereocenters. The minimum Gasteiger partial charge on any atom is -0.481 e. The Morgan fingerprint density at radius 1 is 1.07 bits per heavy atom. The van der Waals surface area contributed by atoms with Crippen molar-refractivity contribution in [1.29, 1.82) is 0 Å². The molecule has 0 fully saturated rings. The zero-order valence-corrected chi connectivity index (χ0v) is 16.9. The summed E-state index contributed by atoms with van der Waals surface area (Å²) in [6, 6.07) is 17.0. The van der Waals surface area contributed by atoms with E-state index in [0.717, 1.165) is 5.56 Å². The molecule has 29 heavy (non-hydrogen) atoms. The van der Waals surface area contributed by atoms with Gasteiger partial charge in [-0.3, -0.25) is 4.79 Å². The van der Waals surface area contributed by atoms with Crippen molar-refractivity contribution in [1.82, 2.24) is 5.43 Å². The first-order valence-corrected chi connectivity index (χ1v) is 9.88. The Kier molecular flexibility index (Phi) is 6.99. The van der Waals surface area contributed by atoms with Gasteiger partial charge in [-0.1, -0.05) is 17.7 Å². The Hall–Kier alpha value is -3.16. The molecule has 8 heteroatoms. The van der Waals surface area contributed by atoms with Gasteiger partial charge in [-0.15, -0.1) is 11.3 Å². The Labute approximate surface area is 176 Å². The van der Waals surface area contributed by atoms with Crippen LogP contribution in [0.1, 0.15) is 22.2 Å². The first-order valence-electron chi connectivity index (χ1n) is 8.62. The van der Waals surface area contributed by atoms with Gasteiger partial charge in [-0.25, -0.2) is 10.2 Å². The van der Waals surface area contributed by atoms with Gasteiger partial charge in [0.05, 0.1) is 6.21 Å². The summed E-state index contributed by atoms with van der Waals surface area (Å²) in [6.45, 7) is 1.62. The molecule has 3 aromatic rings. The Bertz CT molecular complexity index is 987. The van der Waals surface area contributed by atoms with E-state index in [1.807, 2.05) is 5.38 Å². The van der Waals surface area contributed by atoms with E-state index in [1.54, 1.807) is 67.6 Å². The molecular formula is C21H17ClN2O4S. The number of hydrogen-bond acceptors (Lipinski definition) is 6. The van der Waals surface area contributed by atoms with Crippen LogP contribution in [0.4, 0.5) is 0 Å². The fourth-order valence-corrected chi connectivity index (χ4v) is 2.93. The summed E-state index contributed by atoms with van der Waals surface area (Å²) >= 11 is 7.14. The average molecular weight is 429 g/mol. The molecule has 6 nitrogen and oxygen atoms in total. The molecular weight excluding hydrogens is 412 g/mol. The van der Waals surface area contributed by atoms with Crippen LogP contribution in [-0.4, -0.2) is 24.2 Å². The number of hydrogen-bond donors (Lipinski definition) is 1. The van der Waals surface area contributed by atoms with Crippen molar-refractivity contribution in [2.75, 3.05) is 0 Å². The van der Waals surface area contributed by atoms with Crippen LogP contribution in [0.5, 0.6) is 11.5 Å². The molecule has 0 spiro atoms. The lowest BCUT2D eigenvalue weighted by atomic mass is 10.2. The van der Waals surface area contributed by atoms with Crippen molar-refractivity contribution in [3.63, 3.8) is 0 Å². The molecule has 1 amide bonds. The number of halogens is 1.